The molecule has 0 spiro atoms. The van der Waals surface area contributed by atoms with Crippen LogP contribution in [0.5, 0.6) is 0 Å². The van der Waals surface area contributed by atoms with E-state index in [-0.39, 0.29) is 88.0 Å². The zero-order valence-corrected chi connectivity index (χ0v) is 34.6. The second-order valence-corrected chi connectivity index (χ2v) is 11.0. The molecule has 0 radical (unpaired) electrons. The molecule has 0 aromatic rings. The minimum atomic E-state index is -5.97. The van der Waals surface area contributed by atoms with Crippen LogP contribution in [-0.4, -0.2) is 88.0 Å². The summed E-state index contributed by atoms with van der Waals surface area (Å²) in [5.74, 6) is 0. The van der Waals surface area contributed by atoms with Crippen LogP contribution in [0.1, 0.15) is 0 Å². The van der Waals surface area contributed by atoms with E-state index in [0.29, 0.717) is 0 Å². The van der Waals surface area contributed by atoms with Gasteiger partial charge < -0.3 is 67.2 Å². The fraction of sp³-hybridized carbons (Fsp3) is 0. The molecule has 0 aromatic heterocycles. The summed E-state index contributed by atoms with van der Waals surface area (Å²) in [6.07, 6.45) is 0. The molecule has 20 nitrogen and oxygen atoms in total. The average molecular weight is 879 g/mol. The number of rotatable bonds is 8. The number of hydrogen-bond donors (Lipinski definition) is 0. The van der Waals surface area contributed by atoms with Gasteiger partial charge in [0.25, 0.3) is 15.6 Å². The van der Waals surface area contributed by atoms with Gasteiger partial charge in [-0.3, -0.25) is 26.4 Å². The topological polar surface area (TPSA) is 370 Å². The Labute approximate surface area is 227 Å². The van der Waals surface area contributed by atoms with Gasteiger partial charge in [-0.15, -0.1) is 0 Å². The average Bonchev–Trinajstić information content (AvgIpc) is 1.97. The maximum atomic E-state index is 10.1. The molecular weight excluding hydrogens is 869 g/mol. The van der Waals surface area contributed by atoms with Gasteiger partial charge in [0.2, 0.25) is 0 Å². The van der Waals surface area contributed by atoms with Crippen molar-refractivity contribution in [3.05, 3.63) is 0 Å². The van der Waals surface area contributed by atoms with E-state index in [0.717, 1.165) is 0 Å². The Morgan fingerprint density at radius 1 is 0.323 bits per heavy atom. The standard InChI is InChI=1S/5GeH2.2H5O10P3/c;;;;;2*1-11(2,3)9-13(7,8)10-12(4,5)6/h5*1H2;2*(H,7,8)(H2,1,2,3)(H2,4,5,6)/q5*+2;;/p-10. The Balaban J connectivity index is -0.0000000640. The second kappa shape index (κ2) is 18.7. The third-order valence-electron chi connectivity index (χ3n) is 0.800. The molecular formula is H10Ge5O20P6. The summed E-state index contributed by atoms with van der Waals surface area (Å²) < 4.78 is 69.4. The van der Waals surface area contributed by atoms with E-state index in [1.54, 1.807) is 0 Å². The van der Waals surface area contributed by atoms with Crippen LogP contribution in [0.3, 0.4) is 0 Å². The van der Waals surface area contributed by atoms with Crippen LogP contribution in [-0.2, 0) is 44.6 Å². The first-order valence-electron chi connectivity index (χ1n) is 4.38. The predicted molar refractivity (Wildman–Crippen MR) is 92.7 cm³/mol. The molecule has 0 bridgehead atoms. The van der Waals surface area contributed by atoms with Crippen LogP contribution in [0.25, 0.3) is 0 Å². The van der Waals surface area contributed by atoms with E-state index >= 15 is 0 Å². The fourth-order valence-corrected chi connectivity index (χ4v) is 5.21. The minimum absolute atomic E-state index is 0. The van der Waals surface area contributed by atoms with Gasteiger partial charge >= 0.3 is 88.0 Å². The summed E-state index contributed by atoms with van der Waals surface area (Å²) in [7, 11) is -35.8. The van der Waals surface area contributed by atoms with Crippen LogP contribution in [0, 0.1) is 0 Å². The van der Waals surface area contributed by atoms with Crippen molar-refractivity contribution < 1.29 is 93.6 Å². The zero-order valence-electron chi connectivity index (χ0n) is 14.4. The molecule has 0 N–H and O–H groups in total. The summed E-state index contributed by atoms with van der Waals surface area (Å²) in [4.78, 5) is 97.3. The third kappa shape index (κ3) is 44.0. The molecule has 0 aliphatic carbocycles. The molecule has 0 heterocycles. The Kier molecular flexibility index (Phi) is 30.9. The normalized spacial score (nSPS) is 12.2. The molecule has 0 unspecified atom stereocenters. The Morgan fingerprint density at radius 2 is 0.419 bits per heavy atom. The Hall–Kier alpha value is 3.53. The molecule has 0 aromatic carbocycles. The molecule has 31 heteroatoms. The first-order chi connectivity index (χ1) is 10.8. The van der Waals surface area contributed by atoms with Crippen LogP contribution in [0.15, 0.2) is 0 Å². The van der Waals surface area contributed by atoms with E-state index < -0.39 is 46.9 Å². The van der Waals surface area contributed by atoms with Crippen molar-refractivity contribution in [3.63, 3.8) is 0 Å². The van der Waals surface area contributed by atoms with Gasteiger partial charge in [0.15, 0.2) is 0 Å². The van der Waals surface area contributed by atoms with Gasteiger partial charge in [-0.1, -0.05) is 0 Å². The molecule has 0 fully saturated rings. The van der Waals surface area contributed by atoms with Crippen molar-refractivity contribution in [1.82, 2.24) is 0 Å². The number of hydrogen-bond acceptors (Lipinski definition) is 20. The van der Waals surface area contributed by atoms with Gasteiger partial charge in [0.05, 0.1) is 31.3 Å². The van der Waals surface area contributed by atoms with Crippen LogP contribution < -0.4 is 48.9 Å². The van der Waals surface area contributed by atoms with Crippen molar-refractivity contribution in [1.29, 1.82) is 0 Å². The molecule has 0 aliphatic heterocycles. The molecule has 0 saturated carbocycles. The van der Waals surface area contributed by atoms with Crippen molar-refractivity contribution in [2.45, 2.75) is 0 Å². The molecule has 0 amide bonds. The molecule has 0 rings (SSSR count). The third-order valence-corrected chi connectivity index (χ3v) is 7.20. The van der Waals surface area contributed by atoms with Gasteiger partial charge in [0, 0.05) is 0 Å². The summed E-state index contributed by atoms with van der Waals surface area (Å²) in [5, 5.41) is 0. The molecule has 31 heavy (non-hydrogen) atoms. The summed E-state index contributed by atoms with van der Waals surface area (Å²) in [6, 6.07) is 0. The monoisotopic (exact) mass is 885 g/mol. The van der Waals surface area contributed by atoms with E-state index in [1.165, 1.54) is 0 Å². The zero-order chi connectivity index (χ0) is 21.8. The molecule has 180 valence electrons. The van der Waals surface area contributed by atoms with Gasteiger partial charge in [-0.2, -0.15) is 0 Å². The second-order valence-electron chi connectivity index (χ2n) is 3.01. The molecule has 0 atom stereocenters. The maximum absolute atomic E-state index is 10.1. The fourth-order valence-electron chi connectivity index (χ4n) is 0.520. The predicted octanol–water partition coefficient (Wildman–Crippen LogP) is -12.3. The van der Waals surface area contributed by atoms with E-state index in [1.807, 2.05) is 0 Å². The van der Waals surface area contributed by atoms with Crippen molar-refractivity contribution >= 4 is 135 Å². The van der Waals surface area contributed by atoms with E-state index in [4.69, 9.17) is 0 Å². The summed E-state index contributed by atoms with van der Waals surface area (Å²) in [6.45, 7) is 0. The first kappa shape index (κ1) is 51.2. The Bertz CT molecular complexity index is 628. The van der Waals surface area contributed by atoms with Crippen LogP contribution >= 0.6 is 46.9 Å². The van der Waals surface area contributed by atoms with E-state index in [9.17, 15) is 76.3 Å². The van der Waals surface area contributed by atoms with Crippen molar-refractivity contribution in [2.75, 3.05) is 0 Å². The van der Waals surface area contributed by atoms with Crippen molar-refractivity contribution in [3.8, 4) is 0 Å². The van der Waals surface area contributed by atoms with Crippen LogP contribution in [0.4, 0.5) is 0 Å². The Morgan fingerprint density at radius 3 is 0.484 bits per heavy atom. The van der Waals surface area contributed by atoms with Crippen molar-refractivity contribution in [2.24, 2.45) is 0 Å². The van der Waals surface area contributed by atoms with Crippen LogP contribution in [0.2, 0.25) is 0 Å². The van der Waals surface area contributed by atoms with Gasteiger partial charge in [-0.05, 0) is 0 Å². The van der Waals surface area contributed by atoms with Gasteiger partial charge in [0.1, 0.15) is 0 Å². The SMILES string of the molecule is O=P([O-])([O-])OP(=O)([O-])OP(=O)([O-])[O-].O=P([O-])([O-])OP(=O)([O-])OP(=O)([O-])[O-].[GeH2+2].[GeH2+2].[GeH2+2].[GeH2+2].[GeH2+2]. The summed E-state index contributed by atoms with van der Waals surface area (Å²) >= 11 is 0. The quantitative estimate of drug-likeness (QED) is 0.161. The first-order valence-corrected chi connectivity index (χ1v) is 13.1. The number of phosphoric acid groups is 6. The molecule has 0 aliphatic rings. The van der Waals surface area contributed by atoms with E-state index in [2.05, 4.69) is 17.2 Å². The van der Waals surface area contributed by atoms with Gasteiger partial charge in [-0.25, -0.2) is 0 Å². The molecule has 0 saturated heterocycles. The summed E-state index contributed by atoms with van der Waals surface area (Å²) in [5.41, 5.74) is 0.